The molecule has 1 aromatic carbocycles. The van der Waals surface area contributed by atoms with E-state index in [0.717, 1.165) is 5.56 Å². The summed E-state index contributed by atoms with van der Waals surface area (Å²) >= 11 is 0. The van der Waals surface area contributed by atoms with Gasteiger partial charge >= 0.3 is 0 Å². The number of nitrogens with zero attached hydrogens (tertiary/aromatic N) is 1. The summed E-state index contributed by atoms with van der Waals surface area (Å²) in [7, 11) is 0. The minimum atomic E-state index is -1.03. The van der Waals surface area contributed by atoms with Crippen molar-refractivity contribution in [2.75, 3.05) is 0 Å². The van der Waals surface area contributed by atoms with Crippen LogP contribution in [0.25, 0.3) is 0 Å². The van der Waals surface area contributed by atoms with Gasteiger partial charge in [0.2, 0.25) is 5.60 Å². The fourth-order valence-corrected chi connectivity index (χ4v) is 1.97. The molecule has 0 saturated heterocycles. The summed E-state index contributed by atoms with van der Waals surface area (Å²) in [6, 6.07) is 9.69. The zero-order chi connectivity index (χ0) is 11.6. The third-order valence-electron chi connectivity index (χ3n) is 3.10. The van der Waals surface area contributed by atoms with Gasteiger partial charge in [0, 0.05) is 18.6 Å². The van der Waals surface area contributed by atoms with E-state index in [2.05, 4.69) is 5.16 Å². The number of carbonyl (C=O) groups is 1. The van der Waals surface area contributed by atoms with E-state index in [0.29, 0.717) is 6.42 Å². The Kier molecular flexibility index (Phi) is 2.64. The average molecular weight is 218 g/mol. The molecule has 1 aliphatic heterocycles. The molecule has 2 N–H and O–H groups in total. The van der Waals surface area contributed by atoms with Crippen molar-refractivity contribution in [1.29, 1.82) is 0 Å². The Balaban J connectivity index is 2.32. The van der Waals surface area contributed by atoms with E-state index in [1.165, 1.54) is 0 Å². The van der Waals surface area contributed by atoms with E-state index >= 15 is 0 Å². The monoisotopic (exact) mass is 218 g/mol. The van der Waals surface area contributed by atoms with Gasteiger partial charge in [-0.1, -0.05) is 42.4 Å². The van der Waals surface area contributed by atoms with Gasteiger partial charge in [0.15, 0.2) is 0 Å². The molecule has 0 radical (unpaired) electrons. The zero-order valence-corrected chi connectivity index (χ0v) is 9.09. The van der Waals surface area contributed by atoms with Gasteiger partial charge in [-0.15, -0.1) is 0 Å². The summed E-state index contributed by atoms with van der Waals surface area (Å²) in [4.78, 5) is 16.8. The molecule has 1 aromatic rings. The first-order chi connectivity index (χ1) is 7.67. The molecule has 0 aliphatic carbocycles. The fourth-order valence-electron chi connectivity index (χ4n) is 1.97. The standard InChI is InChI=1S/C12H14N2O2/c1-9(10-5-3-2-4-6-10)12(11(13)15)7-8-14-16-12/h2-6,8-9H,7H2,1H3,(H2,13,15). The summed E-state index contributed by atoms with van der Waals surface area (Å²) in [6.45, 7) is 1.93. The second-order valence-electron chi connectivity index (χ2n) is 3.97. The van der Waals surface area contributed by atoms with Crippen LogP contribution in [0, 0.1) is 0 Å². The lowest BCUT2D eigenvalue weighted by molar-refractivity contribution is -0.143. The second-order valence-corrected chi connectivity index (χ2v) is 3.97. The third kappa shape index (κ3) is 1.56. The van der Waals surface area contributed by atoms with E-state index < -0.39 is 11.5 Å². The fraction of sp³-hybridized carbons (Fsp3) is 0.333. The minimum absolute atomic E-state index is 0.117. The molecular formula is C12H14N2O2. The van der Waals surface area contributed by atoms with Gasteiger partial charge in [-0.3, -0.25) is 4.79 Å². The van der Waals surface area contributed by atoms with Gasteiger partial charge in [0.05, 0.1) is 0 Å². The van der Waals surface area contributed by atoms with E-state index in [1.54, 1.807) is 6.21 Å². The molecule has 1 amide bonds. The van der Waals surface area contributed by atoms with Gasteiger partial charge in [-0.2, -0.15) is 0 Å². The maximum Gasteiger partial charge on any atom is 0.265 e. The predicted octanol–water partition coefficient (Wildman–Crippen LogP) is 1.42. The number of rotatable bonds is 3. The highest BCUT2D eigenvalue weighted by atomic mass is 16.7. The largest absolute Gasteiger partial charge is 0.378 e. The lowest BCUT2D eigenvalue weighted by Crippen LogP contribution is -2.47. The van der Waals surface area contributed by atoms with Crippen LogP contribution in [0.4, 0.5) is 0 Å². The van der Waals surface area contributed by atoms with Crippen LogP contribution in [-0.4, -0.2) is 17.7 Å². The van der Waals surface area contributed by atoms with Crippen LogP contribution in [0.1, 0.15) is 24.8 Å². The van der Waals surface area contributed by atoms with Crippen LogP contribution >= 0.6 is 0 Å². The van der Waals surface area contributed by atoms with E-state index in [9.17, 15) is 4.79 Å². The molecule has 4 nitrogen and oxygen atoms in total. The van der Waals surface area contributed by atoms with Crippen molar-refractivity contribution in [2.45, 2.75) is 24.9 Å². The smallest absolute Gasteiger partial charge is 0.265 e. The summed E-state index contributed by atoms with van der Waals surface area (Å²) in [5.74, 6) is -0.588. The first kappa shape index (κ1) is 10.7. The van der Waals surface area contributed by atoms with Crippen LogP contribution in [-0.2, 0) is 9.63 Å². The van der Waals surface area contributed by atoms with Crippen molar-refractivity contribution in [3.63, 3.8) is 0 Å². The maximum atomic E-state index is 11.6. The van der Waals surface area contributed by atoms with Crippen molar-refractivity contribution in [2.24, 2.45) is 10.9 Å². The third-order valence-corrected chi connectivity index (χ3v) is 3.10. The molecule has 2 atom stereocenters. The highest BCUT2D eigenvalue weighted by molar-refractivity contribution is 5.89. The topological polar surface area (TPSA) is 64.7 Å². The van der Waals surface area contributed by atoms with Crippen molar-refractivity contribution >= 4 is 12.1 Å². The first-order valence-electron chi connectivity index (χ1n) is 5.21. The number of amides is 1. The van der Waals surface area contributed by atoms with Gasteiger partial charge in [-0.25, -0.2) is 0 Å². The lowest BCUT2D eigenvalue weighted by Gasteiger charge is -2.29. The first-order valence-corrected chi connectivity index (χ1v) is 5.21. The van der Waals surface area contributed by atoms with Crippen molar-refractivity contribution in [3.05, 3.63) is 35.9 Å². The van der Waals surface area contributed by atoms with Crippen molar-refractivity contribution < 1.29 is 9.63 Å². The zero-order valence-electron chi connectivity index (χ0n) is 9.09. The second kappa shape index (κ2) is 3.96. The highest BCUT2D eigenvalue weighted by Crippen LogP contribution is 2.36. The summed E-state index contributed by atoms with van der Waals surface area (Å²) in [6.07, 6.45) is 2.02. The minimum Gasteiger partial charge on any atom is -0.378 e. The number of oxime groups is 1. The van der Waals surface area contributed by atoms with Crippen LogP contribution in [0.5, 0.6) is 0 Å². The Labute approximate surface area is 94.1 Å². The van der Waals surface area contributed by atoms with Gasteiger partial charge in [0.1, 0.15) is 0 Å². The molecule has 0 saturated carbocycles. The average Bonchev–Trinajstić information content (AvgIpc) is 2.79. The van der Waals surface area contributed by atoms with Crippen molar-refractivity contribution in [1.82, 2.24) is 0 Å². The van der Waals surface area contributed by atoms with Crippen molar-refractivity contribution in [3.8, 4) is 0 Å². The summed E-state index contributed by atoms with van der Waals surface area (Å²) in [5, 5.41) is 3.68. The Morgan fingerprint density at radius 3 is 2.69 bits per heavy atom. The lowest BCUT2D eigenvalue weighted by atomic mass is 9.81. The predicted molar refractivity (Wildman–Crippen MR) is 61.0 cm³/mol. The Hall–Kier alpha value is -1.84. The van der Waals surface area contributed by atoms with E-state index in [-0.39, 0.29) is 5.92 Å². The molecule has 0 fully saturated rings. The molecule has 0 aromatic heterocycles. The van der Waals surface area contributed by atoms with Crippen LogP contribution in [0.3, 0.4) is 0 Å². The molecular weight excluding hydrogens is 204 g/mol. The quantitative estimate of drug-likeness (QED) is 0.833. The van der Waals surface area contributed by atoms with E-state index in [1.807, 2.05) is 37.3 Å². The number of hydrogen-bond acceptors (Lipinski definition) is 3. The molecule has 2 unspecified atom stereocenters. The van der Waals surface area contributed by atoms with Gasteiger partial charge < -0.3 is 10.6 Å². The number of carbonyl (C=O) groups excluding carboxylic acids is 1. The molecule has 0 bridgehead atoms. The summed E-state index contributed by atoms with van der Waals surface area (Å²) in [5.41, 5.74) is 5.42. The molecule has 0 spiro atoms. The number of primary amides is 1. The molecule has 16 heavy (non-hydrogen) atoms. The van der Waals surface area contributed by atoms with Gasteiger partial charge in [-0.05, 0) is 5.56 Å². The Bertz CT molecular complexity index is 406. The molecule has 1 aliphatic rings. The van der Waals surface area contributed by atoms with E-state index in [4.69, 9.17) is 10.6 Å². The number of nitrogens with two attached hydrogens (primary N) is 1. The molecule has 1 heterocycles. The highest BCUT2D eigenvalue weighted by Gasteiger charge is 2.47. The Morgan fingerprint density at radius 1 is 1.50 bits per heavy atom. The van der Waals surface area contributed by atoms with Gasteiger partial charge in [0.25, 0.3) is 5.91 Å². The maximum absolute atomic E-state index is 11.6. The van der Waals surface area contributed by atoms with Crippen LogP contribution in [0.2, 0.25) is 0 Å². The Morgan fingerprint density at radius 2 is 2.19 bits per heavy atom. The van der Waals surface area contributed by atoms with Crippen LogP contribution < -0.4 is 5.73 Å². The summed E-state index contributed by atoms with van der Waals surface area (Å²) < 4.78 is 0. The molecule has 2 rings (SSSR count). The molecule has 4 heteroatoms. The SMILES string of the molecule is CC(c1ccccc1)C1(C(N)=O)CC=NO1. The molecule has 84 valence electrons. The number of hydrogen-bond donors (Lipinski definition) is 1. The van der Waals surface area contributed by atoms with Crippen LogP contribution in [0.15, 0.2) is 35.5 Å². The number of benzene rings is 1. The normalized spacial score (nSPS) is 25.1.